The van der Waals surface area contributed by atoms with Crippen molar-refractivity contribution in [1.82, 2.24) is 5.32 Å². The van der Waals surface area contributed by atoms with Crippen LogP contribution in [0.25, 0.3) is 0 Å². The van der Waals surface area contributed by atoms with E-state index >= 15 is 0 Å². The number of carbonyl (C=O) groups is 2. The first-order valence-electron chi connectivity index (χ1n) is 11.1. The van der Waals surface area contributed by atoms with Crippen molar-refractivity contribution in [2.24, 2.45) is 4.99 Å². The smallest absolute Gasteiger partial charge is 0.238 e. The molecule has 168 valence electrons. The Hall–Kier alpha value is -3.77. The molecule has 6 nitrogen and oxygen atoms in total. The summed E-state index contributed by atoms with van der Waals surface area (Å²) < 4.78 is 0. The van der Waals surface area contributed by atoms with E-state index in [4.69, 9.17) is 4.99 Å². The van der Waals surface area contributed by atoms with Crippen LogP contribution in [0.1, 0.15) is 30.4 Å². The summed E-state index contributed by atoms with van der Waals surface area (Å²) in [6.45, 7) is 3.07. The number of hydrogen-bond donors (Lipinski definition) is 2. The highest BCUT2D eigenvalue weighted by molar-refractivity contribution is 6.24. The van der Waals surface area contributed by atoms with Crippen LogP contribution in [0.15, 0.2) is 83.9 Å². The van der Waals surface area contributed by atoms with Crippen molar-refractivity contribution in [3.63, 3.8) is 0 Å². The maximum absolute atomic E-state index is 12.9. The van der Waals surface area contributed by atoms with Crippen LogP contribution in [0.3, 0.4) is 0 Å². The second-order valence-corrected chi connectivity index (χ2v) is 8.02. The first kappa shape index (κ1) is 22.4. The lowest BCUT2D eigenvalue weighted by molar-refractivity contribution is -0.117. The molecule has 3 aromatic rings. The van der Waals surface area contributed by atoms with Gasteiger partial charge in [0.05, 0.1) is 11.4 Å². The van der Waals surface area contributed by atoms with Crippen LogP contribution in [-0.4, -0.2) is 37.7 Å². The highest BCUT2D eigenvalue weighted by atomic mass is 16.2. The lowest BCUT2D eigenvalue weighted by Gasteiger charge is -2.21. The highest BCUT2D eigenvalue weighted by Gasteiger charge is 2.35. The third-order valence-electron chi connectivity index (χ3n) is 5.73. The van der Waals surface area contributed by atoms with Crippen molar-refractivity contribution >= 4 is 34.6 Å². The molecular weight excluding hydrogens is 412 g/mol. The summed E-state index contributed by atoms with van der Waals surface area (Å²) >= 11 is 0. The van der Waals surface area contributed by atoms with Gasteiger partial charge in [-0.25, -0.2) is 0 Å². The number of hydrogen-bond acceptors (Lipinski definition) is 4. The van der Waals surface area contributed by atoms with Crippen molar-refractivity contribution in [2.45, 2.75) is 19.3 Å². The maximum atomic E-state index is 12.9. The largest absolute Gasteiger partial charge is 0.325 e. The van der Waals surface area contributed by atoms with Crippen LogP contribution >= 0.6 is 0 Å². The van der Waals surface area contributed by atoms with Crippen LogP contribution in [0.2, 0.25) is 0 Å². The van der Waals surface area contributed by atoms with Gasteiger partial charge in [-0.3, -0.25) is 14.6 Å². The van der Waals surface area contributed by atoms with E-state index in [0.29, 0.717) is 12.3 Å². The molecule has 6 heteroatoms. The summed E-state index contributed by atoms with van der Waals surface area (Å²) in [6, 6.07) is 25.1. The first-order chi connectivity index (χ1) is 16.1. The number of anilines is 2. The quantitative estimate of drug-likeness (QED) is 0.400. The van der Waals surface area contributed by atoms with E-state index in [1.54, 1.807) is 11.8 Å². The van der Waals surface area contributed by atoms with E-state index in [2.05, 4.69) is 10.6 Å². The molecule has 1 heterocycles. The summed E-state index contributed by atoms with van der Waals surface area (Å²) in [4.78, 5) is 31.8. The van der Waals surface area contributed by atoms with Crippen molar-refractivity contribution in [1.29, 1.82) is 0 Å². The molecule has 0 radical (unpaired) electrons. The van der Waals surface area contributed by atoms with Crippen LogP contribution in [0, 0.1) is 0 Å². The molecule has 0 aliphatic carbocycles. The molecular formula is C27H28N4O2. The third-order valence-corrected chi connectivity index (χ3v) is 5.73. The number of carbonyl (C=O) groups excluding carboxylic acids is 2. The van der Waals surface area contributed by atoms with Gasteiger partial charge in [0.1, 0.15) is 5.92 Å². The Kier molecular flexibility index (Phi) is 6.95. The number of benzene rings is 3. The molecule has 0 fully saturated rings. The van der Waals surface area contributed by atoms with Gasteiger partial charge in [-0.1, -0.05) is 48.5 Å². The van der Waals surface area contributed by atoms with Gasteiger partial charge in [-0.15, -0.1) is 0 Å². The van der Waals surface area contributed by atoms with Crippen LogP contribution in [0.5, 0.6) is 0 Å². The van der Waals surface area contributed by atoms with E-state index in [0.717, 1.165) is 41.2 Å². The zero-order chi connectivity index (χ0) is 23.2. The van der Waals surface area contributed by atoms with E-state index in [-0.39, 0.29) is 11.8 Å². The molecule has 1 unspecified atom stereocenters. The molecule has 2 N–H and O–H groups in total. The van der Waals surface area contributed by atoms with Gasteiger partial charge in [0.2, 0.25) is 11.8 Å². The second-order valence-electron chi connectivity index (χ2n) is 8.02. The van der Waals surface area contributed by atoms with Crippen molar-refractivity contribution in [2.75, 3.05) is 30.4 Å². The Morgan fingerprint density at radius 3 is 2.39 bits per heavy atom. The monoisotopic (exact) mass is 440 g/mol. The average Bonchev–Trinajstić information content (AvgIpc) is 3.17. The molecule has 4 rings (SSSR count). The molecule has 1 atom stereocenters. The van der Waals surface area contributed by atoms with Crippen LogP contribution in [0.4, 0.5) is 17.1 Å². The van der Waals surface area contributed by atoms with Gasteiger partial charge in [-0.05, 0) is 61.5 Å². The molecule has 0 bridgehead atoms. The minimum absolute atomic E-state index is 0.00608. The Labute approximate surface area is 194 Å². The number of amides is 2. The molecule has 2 amide bonds. The summed E-state index contributed by atoms with van der Waals surface area (Å²) in [5.41, 5.74) is 4.91. The number of aliphatic imine (C=N–C) groups is 1. The van der Waals surface area contributed by atoms with Crippen molar-refractivity contribution in [3.8, 4) is 0 Å². The number of para-hydroxylation sites is 1. The van der Waals surface area contributed by atoms with Crippen molar-refractivity contribution < 1.29 is 9.59 Å². The fourth-order valence-corrected chi connectivity index (χ4v) is 4.11. The standard InChI is InChI=1S/C27H28N4O2/c1-19(32)31(18-8-17-28-2)22-15-13-21(14-16-22)29-26(20-9-4-3-5-10-20)25-23-11-6-7-12-24(23)30-27(25)33/h3-7,9-16,25,28H,8,17-18H2,1-2H3,(H,30,33). The molecule has 0 saturated heterocycles. The van der Waals surface area contributed by atoms with Crippen LogP contribution < -0.4 is 15.5 Å². The molecule has 0 spiro atoms. The highest BCUT2D eigenvalue weighted by Crippen LogP contribution is 2.36. The molecule has 3 aromatic carbocycles. The zero-order valence-electron chi connectivity index (χ0n) is 18.9. The van der Waals surface area contributed by atoms with E-state index in [1.807, 2.05) is 85.9 Å². The summed E-state index contributed by atoms with van der Waals surface area (Å²) in [7, 11) is 1.90. The lowest BCUT2D eigenvalue weighted by atomic mass is 9.90. The van der Waals surface area contributed by atoms with Gasteiger partial charge in [0, 0.05) is 24.8 Å². The third kappa shape index (κ3) is 5.02. The molecule has 33 heavy (non-hydrogen) atoms. The van der Waals surface area contributed by atoms with Gasteiger partial charge >= 0.3 is 0 Å². The fraction of sp³-hybridized carbons (Fsp3) is 0.222. The van der Waals surface area contributed by atoms with E-state index in [9.17, 15) is 9.59 Å². The Balaban J connectivity index is 1.69. The minimum Gasteiger partial charge on any atom is -0.325 e. The maximum Gasteiger partial charge on any atom is 0.238 e. The van der Waals surface area contributed by atoms with Crippen LogP contribution in [-0.2, 0) is 9.59 Å². The van der Waals surface area contributed by atoms with Crippen molar-refractivity contribution in [3.05, 3.63) is 90.0 Å². The minimum atomic E-state index is -0.487. The fourth-order valence-electron chi connectivity index (χ4n) is 4.11. The van der Waals surface area contributed by atoms with Gasteiger partial charge < -0.3 is 15.5 Å². The summed E-state index contributed by atoms with van der Waals surface area (Å²) in [5.74, 6) is -0.562. The Morgan fingerprint density at radius 2 is 1.70 bits per heavy atom. The number of rotatable bonds is 8. The van der Waals surface area contributed by atoms with E-state index in [1.165, 1.54) is 0 Å². The predicted octanol–water partition coefficient (Wildman–Crippen LogP) is 4.51. The van der Waals surface area contributed by atoms with E-state index < -0.39 is 5.92 Å². The molecule has 1 aliphatic rings. The molecule has 0 saturated carbocycles. The topological polar surface area (TPSA) is 73.8 Å². The number of nitrogens with one attached hydrogen (secondary N) is 2. The Bertz CT molecular complexity index is 1160. The molecule has 0 aromatic heterocycles. The zero-order valence-corrected chi connectivity index (χ0v) is 18.9. The first-order valence-corrected chi connectivity index (χ1v) is 11.1. The molecule has 1 aliphatic heterocycles. The normalized spacial score (nSPS) is 15.2. The summed E-state index contributed by atoms with van der Waals surface area (Å²) in [5, 5.41) is 6.08. The number of fused-ring (bicyclic) bond motifs is 1. The number of nitrogens with zero attached hydrogens (tertiary/aromatic N) is 2. The lowest BCUT2D eigenvalue weighted by Crippen LogP contribution is -2.31. The predicted molar refractivity (Wildman–Crippen MR) is 133 cm³/mol. The SMILES string of the molecule is CNCCCN(C(C)=O)c1ccc(N=C(c2ccccc2)C2C(=O)Nc3ccccc32)cc1. The van der Waals surface area contributed by atoms with Gasteiger partial charge in [-0.2, -0.15) is 0 Å². The average molecular weight is 441 g/mol. The Morgan fingerprint density at radius 1 is 1.00 bits per heavy atom. The van der Waals surface area contributed by atoms with Gasteiger partial charge in [0.25, 0.3) is 0 Å². The summed E-state index contributed by atoms with van der Waals surface area (Å²) in [6.07, 6.45) is 0.865. The second kappa shape index (κ2) is 10.2. The van der Waals surface area contributed by atoms with Gasteiger partial charge in [0.15, 0.2) is 0 Å².